The van der Waals surface area contributed by atoms with Gasteiger partial charge in [0.1, 0.15) is 11.6 Å². The van der Waals surface area contributed by atoms with E-state index in [2.05, 4.69) is 43.8 Å². The van der Waals surface area contributed by atoms with Crippen molar-refractivity contribution in [1.82, 2.24) is 20.6 Å². The Bertz CT molecular complexity index is 873. The second kappa shape index (κ2) is 9.43. The van der Waals surface area contributed by atoms with Crippen molar-refractivity contribution in [3.63, 3.8) is 0 Å². The fourth-order valence-corrected chi connectivity index (χ4v) is 2.83. The molecular formula is C21H25N5O. The average Bonchev–Trinajstić information content (AvgIpc) is 3.20. The van der Waals surface area contributed by atoms with Crippen LogP contribution in [0, 0.1) is 0 Å². The Morgan fingerprint density at radius 3 is 2.63 bits per heavy atom. The number of para-hydroxylation sites is 1. The number of nitrogens with one attached hydrogen (secondary N) is 3. The van der Waals surface area contributed by atoms with Crippen molar-refractivity contribution >= 4 is 5.96 Å². The zero-order valence-electron chi connectivity index (χ0n) is 15.7. The SMILES string of the molecule is CN=C(NCCc1ccccc1OC)NCc1ncc(-c2ccccc2)[nH]1. The van der Waals surface area contributed by atoms with Crippen LogP contribution in [0.25, 0.3) is 11.3 Å². The van der Waals surface area contributed by atoms with Crippen molar-refractivity contribution in [2.24, 2.45) is 4.99 Å². The first-order valence-corrected chi connectivity index (χ1v) is 8.96. The first-order chi connectivity index (χ1) is 13.3. The van der Waals surface area contributed by atoms with Crippen molar-refractivity contribution in [3.05, 3.63) is 72.2 Å². The molecule has 0 amide bonds. The topological polar surface area (TPSA) is 74.3 Å². The lowest BCUT2D eigenvalue weighted by atomic mass is 10.1. The number of ether oxygens (including phenoxy) is 1. The number of aromatic nitrogens is 2. The van der Waals surface area contributed by atoms with Gasteiger partial charge in [-0.05, 0) is 23.6 Å². The molecule has 0 saturated carbocycles. The van der Waals surface area contributed by atoms with Gasteiger partial charge in [0.15, 0.2) is 5.96 Å². The van der Waals surface area contributed by atoms with E-state index in [-0.39, 0.29) is 0 Å². The first kappa shape index (κ1) is 18.5. The van der Waals surface area contributed by atoms with Crippen LogP contribution in [-0.2, 0) is 13.0 Å². The summed E-state index contributed by atoms with van der Waals surface area (Å²) in [5, 5.41) is 6.60. The molecule has 0 aliphatic heterocycles. The lowest BCUT2D eigenvalue weighted by Crippen LogP contribution is -2.38. The number of aliphatic imine (C=N–C) groups is 1. The molecule has 6 nitrogen and oxygen atoms in total. The highest BCUT2D eigenvalue weighted by Crippen LogP contribution is 2.17. The number of imidazole rings is 1. The van der Waals surface area contributed by atoms with Crippen LogP contribution in [0.4, 0.5) is 0 Å². The number of aromatic amines is 1. The zero-order valence-corrected chi connectivity index (χ0v) is 15.7. The van der Waals surface area contributed by atoms with Crippen LogP contribution in [0.1, 0.15) is 11.4 Å². The second-order valence-electron chi connectivity index (χ2n) is 6.02. The van der Waals surface area contributed by atoms with Gasteiger partial charge >= 0.3 is 0 Å². The van der Waals surface area contributed by atoms with Gasteiger partial charge in [0.2, 0.25) is 0 Å². The summed E-state index contributed by atoms with van der Waals surface area (Å²) in [6, 6.07) is 18.2. The second-order valence-corrected chi connectivity index (χ2v) is 6.02. The van der Waals surface area contributed by atoms with E-state index in [1.165, 1.54) is 5.56 Å². The molecule has 0 fully saturated rings. The summed E-state index contributed by atoms with van der Waals surface area (Å²) in [6.45, 7) is 1.33. The van der Waals surface area contributed by atoms with Gasteiger partial charge in [-0.1, -0.05) is 48.5 Å². The van der Waals surface area contributed by atoms with Gasteiger partial charge in [-0.3, -0.25) is 4.99 Å². The molecule has 0 unspecified atom stereocenters. The third kappa shape index (κ3) is 5.10. The predicted molar refractivity (Wildman–Crippen MR) is 109 cm³/mol. The number of H-pyrrole nitrogens is 1. The van der Waals surface area contributed by atoms with Crippen LogP contribution in [0.3, 0.4) is 0 Å². The molecule has 0 aliphatic rings. The highest BCUT2D eigenvalue weighted by molar-refractivity contribution is 5.79. The molecule has 0 bridgehead atoms. The summed E-state index contributed by atoms with van der Waals surface area (Å²) >= 11 is 0. The molecule has 3 rings (SSSR count). The first-order valence-electron chi connectivity index (χ1n) is 8.96. The lowest BCUT2D eigenvalue weighted by molar-refractivity contribution is 0.409. The quantitative estimate of drug-likeness (QED) is 0.446. The molecule has 6 heteroatoms. The van der Waals surface area contributed by atoms with E-state index < -0.39 is 0 Å². The third-order valence-corrected chi connectivity index (χ3v) is 4.24. The van der Waals surface area contributed by atoms with Crippen molar-refractivity contribution < 1.29 is 4.74 Å². The molecule has 140 valence electrons. The van der Waals surface area contributed by atoms with E-state index in [4.69, 9.17) is 4.74 Å². The Morgan fingerprint density at radius 1 is 1.07 bits per heavy atom. The third-order valence-electron chi connectivity index (χ3n) is 4.24. The van der Waals surface area contributed by atoms with E-state index in [0.29, 0.717) is 6.54 Å². The van der Waals surface area contributed by atoms with Gasteiger partial charge in [0.05, 0.1) is 25.5 Å². The molecule has 2 aromatic carbocycles. The molecule has 1 aromatic heterocycles. The van der Waals surface area contributed by atoms with Crippen LogP contribution >= 0.6 is 0 Å². The number of methoxy groups -OCH3 is 1. The molecule has 1 heterocycles. The van der Waals surface area contributed by atoms with Crippen LogP contribution in [0.15, 0.2) is 65.8 Å². The Kier molecular flexibility index (Phi) is 6.46. The number of hydrogen-bond donors (Lipinski definition) is 3. The minimum absolute atomic E-state index is 0.571. The van der Waals surface area contributed by atoms with Crippen LogP contribution < -0.4 is 15.4 Å². The Labute approximate surface area is 159 Å². The number of rotatable bonds is 7. The van der Waals surface area contributed by atoms with E-state index in [9.17, 15) is 0 Å². The van der Waals surface area contributed by atoms with E-state index in [1.54, 1.807) is 14.2 Å². The molecular weight excluding hydrogens is 338 g/mol. The maximum absolute atomic E-state index is 5.39. The number of guanidine groups is 1. The Balaban J connectivity index is 1.49. The summed E-state index contributed by atoms with van der Waals surface area (Å²) in [5.74, 6) is 2.51. The smallest absolute Gasteiger partial charge is 0.191 e. The van der Waals surface area contributed by atoms with Gasteiger partial charge in [0.25, 0.3) is 0 Å². The molecule has 0 saturated heterocycles. The van der Waals surface area contributed by atoms with Crippen LogP contribution in [0.5, 0.6) is 5.75 Å². The Hall–Kier alpha value is -3.28. The summed E-state index contributed by atoms with van der Waals surface area (Å²) in [5.41, 5.74) is 3.29. The molecule has 0 radical (unpaired) electrons. The summed E-state index contributed by atoms with van der Waals surface area (Å²) in [4.78, 5) is 12.0. The van der Waals surface area contributed by atoms with Crippen molar-refractivity contribution in [2.45, 2.75) is 13.0 Å². The number of nitrogens with zero attached hydrogens (tertiary/aromatic N) is 2. The van der Waals surface area contributed by atoms with Gasteiger partial charge in [-0.25, -0.2) is 4.98 Å². The van der Waals surface area contributed by atoms with E-state index in [0.717, 1.165) is 41.8 Å². The predicted octanol–water partition coefficient (Wildman–Crippen LogP) is 2.99. The molecule has 3 aromatic rings. The molecule has 27 heavy (non-hydrogen) atoms. The van der Waals surface area contributed by atoms with Crippen LogP contribution in [0.2, 0.25) is 0 Å². The minimum Gasteiger partial charge on any atom is -0.496 e. The monoisotopic (exact) mass is 363 g/mol. The molecule has 0 aliphatic carbocycles. The highest BCUT2D eigenvalue weighted by Gasteiger charge is 2.05. The molecule has 0 spiro atoms. The lowest BCUT2D eigenvalue weighted by Gasteiger charge is -2.12. The van der Waals surface area contributed by atoms with Gasteiger partial charge in [-0.2, -0.15) is 0 Å². The van der Waals surface area contributed by atoms with Gasteiger partial charge < -0.3 is 20.4 Å². The fraction of sp³-hybridized carbons (Fsp3) is 0.238. The number of benzene rings is 2. The van der Waals surface area contributed by atoms with Crippen molar-refractivity contribution in [2.75, 3.05) is 20.7 Å². The zero-order chi connectivity index (χ0) is 18.9. The average molecular weight is 363 g/mol. The minimum atomic E-state index is 0.571. The maximum atomic E-state index is 5.39. The van der Waals surface area contributed by atoms with E-state index >= 15 is 0 Å². The van der Waals surface area contributed by atoms with Crippen molar-refractivity contribution in [1.29, 1.82) is 0 Å². The molecule has 3 N–H and O–H groups in total. The summed E-state index contributed by atoms with van der Waals surface area (Å²) in [6.07, 6.45) is 2.70. The fourth-order valence-electron chi connectivity index (χ4n) is 2.83. The van der Waals surface area contributed by atoms with E-state index in [1.807, 2.05) is 42.6 Å². The largest absolute Gasteiger partial charge is 0.496 e. The normalized spacial score (nSPS) is 11.3. The maximum Gasteiger partial charge on any atom is 0.191 e. The highest BCUT2D eigenvalue weighted by atomic mass is 16.5. The summed E-state index contributed by atoms with van der Waals surface area (Å²) in [7, 11) is 3.45. The Morgan fingerprint density at radius 2 is 1.85 bits per heavy atom. The standard InChI is InChI=1S/C21H25N5O/c1-22-21(23-13-12-17-10-6-7-11-19(17)27-2)25-15-20-24-14-18(26-20)16-8-4-3-5-9-16/h3-11,14H,12-13,15H2,1-2H3,(H,24,26)(H2,22,23,25). The van der Waals surface area contributed by atoms with Gasteiger partial charge in [-0.15, -0.1) is 0 Å². The van der Waals surface area contributed by atoms with Gasteiger partial charge in [0, 0.05) is 13.6 Å². The number of hydrogen-bond acceptors (Lipinski definition) is 3. The molecule has 0 atom stereocenters. The van der Waals surface area contributed by atoms with Crippen LogP contribution in [-0.4, -0.2) is 36.6 Å². The van der Waals surface area contributed by atoms with Crippen molar-refractivity contribution in [3.8, 4) is 17.0 Å². The summed E-state index contributed by atoms with van der Waals surface area (Å²) < 4.78 is 5.39.